The maximum atomic E-state index is 15.4. The van der Waals surface area contributed by atoms with Crippen molar-refractivity contribution in [1.29, 1.82) is 0 Å². The smallest absolute Gasteiger partial charge is 0.318 e. The third-order valence-electron chi connectivity index (χ3n) is 5.71. The lowest BCUT2D eigenvalue weighted by Crippen LogP contribution is -2.54. The third kappa shape index (κ3) is 4.02. The minimum atomic E-state index is -0.497. The summed E-state index contributed by atoms with van der Waals surface area (Å²) in [7, 11) is 1.45. The molecule has 1 aliphatic heterocycles. The Morgan fingerprint density at radius 3 is 2.52 bits per heavy atom. The van der Waals surface area contributed by atoms with E-state index in [4.69, 9.17) is 4.74 Å². The molecule has 1 saturated heterocycles. The van der Waals surface area contributed by atoms with E-state index in [2.05, 4.69) is 44.3 Å². The van der Waals surface area contributed by atoms with Gasteiger partial charge in [-0.1, -0.05) is 0 Å². The molecule has 0 saturated carbocycles. The molecule has 1 aromatic carbocycles. The van der Waals surface area contributed by atoms with Crippen LogP contribution in [0.1, 0.15) is 19.5 Å². The zero-order chi connectivity index (χ0) is 23.3. The van der Waals surface area contributed by atoms with Crippen LogP contribution in [0.4, 0.5) is 26.0 Å². The summed E-state index contributed by atoms with van der Waals surface area (Å²) < 4.78 is 36.8. The van der Waals surface area contributed by atoms with Crippen molar-refractivity contribution < 1.29 is 13.5 Å². The topological polar surface area (TPSA) is 79.6 Å². The number of imidazole rings is 1. The van der Waals surface area contributed by atoms with Crippen molar-refractivity contribution >= 4 is 33.7 Å². The second-order valence-corrected chi connectivity index (χ2v) is 8.57. The summed E-state index contributed by atoms with van der Waals surface area (Å²) in [4.78, 5) is 15.0. The average molecular weight is 453 g/mol. The minimum absolute atomic E-state index is 0.0867. The van der Waals surface area contributed by atoms with Gasteiger partial charge in [-0.2, -0.15) is 9.97 Å². The average Bonchev–Trinajstić information content (AvgIpc) is 3.13. The van der Waals surface area contributed by atoms with Crippen molar-refractivity contribution in [1.82, 2.24) is 24.7 Å². The lowest BCUT2D eigenvalue weighted by Gasteiger charge is -2.37. The summed E-state index contributed by atoms with van der Waals surface area (Å²) in [6, 6.07) is 5.28. The molecular weight excluding hydrogens is 428 g/mol. The molecule has 2 atom stereocenters. The van der Waals surface area contributed by atoms with E-state index < -0.39 is 11.6 Å². The van der Waals surface area contributed by atoms with Crippen LogP contribution in [0, 0.1) is 18.6 Å². The molecule has 33 heavy (non-hydrogen) atoms. The zero-order valence-electron chi connectivity index (χ0n) is 18.9. The van der Waals surface area contributed by atoms with Crippen LogP contribution in [-0.4, -0.2) is 51.6 Å². The molecule has 0 bridgehead atoms. The van der Waals surface area contributed by atoms with Crippen LogP contribution < -0.4 is 20.3 Å². The quantitative estimate of drug-likeness (QED) is 0.487. The number of ether oxygens (including phenoxy) is 1. The summed E-state index contributed by atoms with van der Waals surface area (Å²) in [6.07, 6.45) is 3.39. The van der Waals surface area contributed by atoms with Crippen molar-refractivity contribution in [3.8, 4) is 6.01 Å². The first-order chi connectivity index (χ1) is 15.8. The van der Waals surface area contributed by atoms with Crippen molar-refractivity contribution in [3.63, 3.8) is 0 Å². The van der Waals surface area contributed by atoms with Gasteiger partial charge in [0.05, 0.1) is 29.4 Å². The van der Waals surface area contributed by atoms with Crippen LogP contribution in [-0.2, 0) is 0 Å². The third-order valence-corrected chi connectivity index (χ3v) is 5.71. The molecule has 5 rings (SSSR count). The van der Waals surface area contributed by atoms with E-state index >= 15 is 4.39 Å². The molecular formula is C23H25F2N7O. The van der Waals surface area contributed by atoms with E-state index in [1.54, 1.807) is 23.7 Å². The van der Waals surface area contributed by atoms with Crippen molar-refractivity contribution in [2.45, 2.75) is 32.9 Å². The first kappa shape index (κ1) is 21.3. The molecule has 0 unspecified atom stereocenters. The molecule has 10 heteroatoms. The van der Waals surface area contributed by atoms with Crippen molar-refractivity contribution in [3.05, 3.63) is 47.9 Å². The summed E-state index contributed by atoms with van der Waals surface area (Å²) in [5, 5.41) is 6.72. The number of methoxy groups -OCH3 is 1. The number of aryl methyl sites for hydroxylation is 1. The van der Waals surface area contributed by atoms with Gasteiger partial charge in [0.1, 0.15) is 11.6 Å². The molecule has 0 spiro atoms. The maximum Gasteiger partial charge on any atom is 0.318 e. The largest absolute Gasteiger partial charge is 0.467 e. The number of piperazine rings is 1. The maximum absolute atomic E-state index is 15.4. The summed E-state index contributed by atoms with van der Waals surface area (Å²) in [5.41, 5.74) is 2.45. The number of hydrogen-bond acceptors (Lipinski definition) is 7. The van der Waals surface area contributed by atoms with Gasteiger partial charge in [0.2, 0.25) is 0 Å². The van der Waals surface area contributed by atoms with Crippen LogP contribution in [0.2, 0.25) is 0 Å². The Balaban J connectivity index is 1.59. The molecule has 172 valence electrons. The number of aromatic nitrogens is 4. The van der Waals surface area contributed by atoms with Gasteiger partial charge >= 0.3 is 6.01 Å². The lowest BCUT2D eigenvalue weighted by molar-refractivity contribution is 0.382. The predicted octanol–water partition coefficient (Wildman–Crippen LogP) is 3.80. The highest BCUT2D eigenvalue weighted by atomic mass is 19.1. The lowest BCUT2D eigenvalue weighted by atomic mass is 10.1. The van der Waals surface area contributed by atoms with Gasteiger partial charge in [-0.25, -0.2) is 13.8 Å². The van der Waals surface area contributed by atoms with E-state index in [9.17, 15) is 4.39 Å². The number of benzene rings is 1. The fourth-order valence-corrected chi connectivity index (χ4v) is 4.47. The fraction of sp³-hybridized carbons (Fsp3) is 0.348. The monoisotopic (exact) mass is 453 g/mol. The van der Waals surface area contributed by atoms with Gasteiger partial charge in [0, 0.05) is 49.3 Å². The summed E-state index contributed by atoms with van der Waals surface area (Å²) >= 11 is 0. The van der Waals surface area contributed by atoms with Gasteiger partial charge in [-0.15, -0.1) is 0 Å². The highest BCUT2D eigenvalue weighted by Crippen LogP contribution is 2.33. The Kier molecular flexibility index (Phi) is 5.24. The van der Waals surface area contributed by atoms with Crippen LogP contribution in [0.25, 0.3) is 16.6 Å². The second-order valence-electron chi connectivity index (χ2n) is 8.57. The number of nitrogens with zero attached hydrogens (tertiary/aromatic N) is 5. The van der Waals surface area contributed by atoms with Crippen LogP contribution in [0.5, 0.6) is 6.01 Å². The first-order valence-electron chi connectivity index (χ1n) is 10.8. The number of pyridine rings is 1. The standard InChI is InChI=1S/C23H25F2N7O/c1-12-8-31(9-13(2)26-12)16-6-17(24)20-19(7-16)29-23(33-4)30-21(20)28-15-5-18(25)22-27-14(3)10-32(22)11-15/h5-7,10-13,26H,8-9H2,1-4H3,(H,28,29,30)/t12-,13+. The van der Waals surface area contributed by atoms with E-state index in [-0.39, 0.29) is 34.9 Å². The SMILES string of the molecule is COc1nc(Nc2cc(F)c3nc(C)cn3c2)c2c(F)cc(N3C[C@@H](C)N[C@@H](C)C3)cc2n1. The van der Waals surface area contributed by atoms with Gasteiger partial charge in [0.15, 0.2) is 11.5 Å². The highest BCUT2D eigenvalue weighted by Gasteiger charge is 2.23. The Labute approximate surface area is 189 Å². The molecule has 4 heterocycles. The van der Waals surface area contributed by atoms with Crippen LogP contribution in [0.3, 0.4) is 0 Å². The molecule has 1 fully saturated rings. The van der Waals surface area contributed by atoms with Gasteiger partial charge in [0.25, 0.3) is 0 Å². The normalized spacial score (nSPS) is 18.8. The molecule has 3 aromatic heterocycles. The number of nitrogens with one attached hydrogen (secondary N) is 2. The number of halogens is 2. The van der Waals surface area contributed by atoms with Gasteiger partial charge in [-0.3, -0.25) is 0 Å². The van der Waals surface area contributed by atoms with Gasteiger partial charge in [-0.05, 0) is 32.9 Å². The Morgan fingerprint density at radius 2 is 1.79 bits per heavy atom. The molecule has 4 aromatic rings. The van der Waals surface area contributed by atoms with Crippen LogP contribution >= 0.6 is 0 Å². The summed E-state index contributed by atoms with van der Waals surface area (Å²) in [6.45, 7) is 7.50. The van der Waals surface area contributed by atoms with E-state index in [1.165, 1.54) is 19.2 Å². The number of fused-ring (bicyclic) bond motifs is 2. The predicted molar refractivity (Wildman–Crippen MR) is 123 cm³/mol. The summed E-state index contributed by atoms with van der Waals surface area (Å²) in [5.74, 6) is -0.770. The van der Waals surface area contributed by atoms with E-state index in [0.717, 1.165) is 18.8 Å². The number of anilines is 3. The van der Waals surface area contributed by atoms with Crippen LogP contribution in [0.15, 0.2) is 30.6 Å². The molecule has 1 aliphatic rings. The fourth-order valence-electron chi connectivity index (χ4n) is 4.47. The highest BCUT2D eigenvalue weighted by molar-refractivity contribution is 5.93. The Bertz CT molecular complexity index is 1350. The first-order valence-corrected chi connectivity index (χ1v) is 10.8. The molecule has 2 N–H and O–H groups in total. The zero-order valence-corrected chi connectivity index (χ0v) is 18.9. The Morgan fingerprint density at radius 1 is 1.03 bits per heavy atom. The number of hydrogen-bond donors (Lipinski definition) is 2. The molecule has 8 nitrogen and oxygen atoms in total. The van der Waals surface area contributed by atoms with E-state index in [0.29, 0.717) is 16.9 Å². The molecule has 0 aliphatic carbocycles. The van der Waals surface area contributed by atoms with E-state index in [1.807, 2.05) is 6.07 Å². The van der Waals surface area contributed by atoms with Crippen molar-refractivity contribution in [2.24, 2.45) is 0 Å². The van der Waals surface area contributed by atoms with Crippen molar-refractivity contribution in [2.75, 3.05) is 30.4 Å². The Hall–Kier alpha value is -3.53. The molecule has 0 radical (unpaired) electrons. The minimum Gasteiger partial charge on any atom is -0.467 e. The van der Waals surface area contributed by atoms with Gasteiger partial charge < -0.3 is 24.7 Å². The second kappa shape index (κ2) is 8.11. The number of rotatable bonds is 4. The molecule has 0 amide bonds.